The van der Waals surface area contributed by atoms with E-state index in [-0.39, 0.29) is 0 Å². The molecule has 0 atom stereocenters. The maximum Gasteiger partial charge on any atom is 0.0763 e. The van der Waals surface area contributed by atoms with Gasteiger partial charge in [0.1, 0.15) is 0 Å². The molecule has 0 bridgehead atoms. The molecule has 0 N–H and O–H groups in total. The minimum Gasteiger partial charge on any atom is -0.255 e. The van der Waals surface area contributed by atoms with Crippen LogP contribution in [0.15, 0.2) is 59.6 Å². The van der Waals surface area contributed by atoms with Crippen molar-refractivity contribution in [1.82, 2.24) is 0 Å². The molecule has 0 aromatic heterocycles. The van der Waals surface area contributed by atoms with Crippen LogP contribution in [0.3, 0.4) is 0 Å². The van der Waals surface area contributed by atoms with Crippen molar-refractivity contribution in [2.75, 3.05) is 0 Å². The molecule has 0 aliphatic carbocycles. The molecule has 2 rings (SSSR count). The maximum absolute atomic E-state index is 4.44. The normalized spacial score (nSPS) is 10.7. The first kappa shape index (κ1) is 10.4. The Labute approximate surface area is 103 Å². The van der Waals surface area contributed by atoms with Gasteiger partial charge >= 0.3 is 0 Å². The van der Waals surface area contributed by atoms with Gasteiger partial charge in [-0.3, -0.25) is 4.99 Å². The van der Waals surface area contributed by atoms with E-state index in [9.17, 15) is 0 Å². The second kappa shape index (κ2) is 5.07. The van der Waals surface area contributed by atoms with Crippen LogP contribution in [0.4, 0.5) is 5.69 Å². The summed E-state index contributed by atoms with van der Waals surface area (Å²) in [6.45, 7) is 0. The van der Waals surface area contributed by atoms with Gasteiger partial charge in [-0.1, -0.05) is 42.5 Å². The van der Waals surface area contributed by atoms with Crippen molar-refractivity contribution >= 4 is 34.5 Å². The minimum absolute atomic E-state index is 1.02. The van der Waals surface area contributed by atoms with Crippen LogP contribution in [0, 0.1) is 3.57 Å². The van der Waals surface area contributed by atoms with Gasteiger partial charge in [-0.25, -0.2) is 0 Å². The van der Waals surface area contributed by atoms with Crippen LogP contribution in [0.25, 0.3) is 0 Å². The summed E-state index contributed by atoms with van der Waals surface area (Å²) in [4.78, 5) is 4.44. The largest absolute Gasteiger partial charge is 0.255 e. The predicted molar refractivity (Wildman–Crippen MR) is 72.9 cm³/mol. The topological polar surface area (TPSA) is 12.4 Å². The molecule has 0 aliphatic rings. The van der Waals surface area contributed by atoms with Crippen LogP contribution >= 0.6 is 22.6 Å². The van der Waals surface area contributed by atoms with E-state index >= 15 is 0 Å². The molecule has 0 saturated heterocycles. The molecule has 2 aromatic carbocycles. The summed E-state index contributed by atoms with van der Waals surface area (Å²) < 4.78 is 1.17. The second-order valence-corrected chi connectivity index (χ2v) is 4.28. The molecule has 0 spiro atoms. The molecule has 15 heavy (non-hydrogen) atoms. The highest BCUT2D eigenvalue weighted by Gasteiger charge is 1.93. The highest BCUT2D eigenvalue weighted by molar-refractivity contribution is 14.1. The van der Waals surface area contributed by atoms with Gasteiger partial charge in [0.15, 0.2) is 0 Å². The number of para-hydroxylation sites is 1. The number of rotatable bonds is 2. The minimum atomic E-state index is 1.02. The van der Waals surface area contributed by atoms with Gasteiger partial charge in [-0.2, -0.15) is 0 Å². The van der Waals surface area contributed by atoms with E-state index < -0.39 is 0 Å². The lowest BCUT2D eigenvalue weighted by Gasteiger charge is -1.96. The first-order valence-electron chi connectivity index (χ1n) is 4.70. The molecule has 2 heteroatoms. The van der Waals surface area contributed by atoms with Crippen LogP contribution in [-0.2, 0) is 0 Å². The van der Waals surface area contributed by atoms with Crippen LogP contribution in [0.1, 0.15) is 5.56 Å². The number of benzene rings is 2. The molecule has 0 fully saturated rings. The van der Waals surface area contributed by atoms with E-state index in [2.05, 4.69) is 33.6 Å². The molecule has 0 aliphatic heterocycles. The van der Waals surface area contributed by atoms with Crippen molar-refractivity contribution in [1.29, 1.82) is 0 Å². The lowest BCUT2D eigenvalue weighted by atomic mass is 10.2. The summed E-state index contributed by atoms with van der Waals surface area (Å²) in [5, 5.41) is 0. The third-order valence-electron chi connectivity index (χ3n) is 2.00. The summed E-state index contributed by atoms with van der Waals surface area (Å²) in [6.07, 6.45) is 1.89. The molecule has 74 valence electrons. The molecular formula is C13H10IN. The Hall–Kier alpha value is -1.16. The highest BCUT2D eigenvalue weighted by atomic mass is 127. The van der Waals surface area contributed by atoms with Crippen molar-refractivity contribution in [2.45, 2.75) is 0 Å². The van der Waals surface area contributed by atoms with Gasteiger partial charge in [0.05, 0.1) is 5.69 Å². The Bertz CT molecular complexity index is 463. The summed E-state index contributed by atoms with van der Waals surface area (Å²) in [6, 6.07) is 18.2. The molecule has 0 amide bonds. The summed E-state index contributed by atoms with van der Waals surface area (Å²) in [7, 11) is 0. The van der Waals surface area contributed by atoms with Gasteiger partial charge in [-0.05, 0) is 40.3 Å². The van der Waals surface area contributed by atoms with Crippen LogP contribution < -0.4 is 0 Å². The summed E-state index contributed by atoms with van der Waals surface area (Å²) in [5.74, 6) is 0. The Kier molecular flexibility index (Phi) is 3.50. The van der Waals surface area contributed by atoms with Crippen molar-refractivity contribution in [3.8, 4) is 0 Å². The van der Waals surface area contributed by atoms with Gasteiger partial charge in [0, 0.05) is 9.78 Å². The van der Waals surface area contributed by atoms with Crippen molar-refractivity contribution in [3.05, 3.63) is 63.7 Å². The fraction of sp³-hybridized carbons (Fsp3) is 0. The average molecular weight is 307 g/mol. The SMILES string of the molecule is Ic1ccccc1N=Cc1ccccc1. The van der Waals surface area contributed by atoms with Crippen molar-refractivity contribution in [2.24, 2.45) is 4.99 Å². The van der Waals surface area contributed by atoms with Crippen molar-refractivity contribution < 1.29 is 0 Å². The third kappa shape index (κ3) is 2.89. The smallest absolute Gasteiger partial charge is 0.0763 e. The lowest BCUT2D eigenvalue weighted by Crippen LogP contribution is -1.79. The Morgan fingerprint density at radius 1 is 0.867 bits per heavy atom. The van der Waals surface area contributed by atoms with E-state index in [1.807, 2.05) is 54.7 Å². The van der Waals surface area contributed by atoms with Gasteiger partial charge in [0.2, 0.25) is 0 Å². The number of halogens is 1. The summed E-state index contributed by atoms with van der Waals surface area (Å²) >= 11 is 2.29. The second-order valence-electron chi connectivity index (χ2n) is 3.12. The quantitative estimate of drug-likeness (QED) is 0.586. The molecule has 0 heterocycles. The molecular weight excluding hydrogens is 297 g/mol. The zero-order valence-corrected chi connectivity index (χ0v) is 10.3. The summed E-state index contributed by atoms with van der Waals surface area (Å²) in [5.41, 5.74) is 2.14. The zero-order chi connectivity index (χ0) is 10.5. The van der Waals surface area contributed by atoms with Crippen molar-refractivity contribution in [3.63, 3.8) is 0 Å². The molecule has 0 saturated carbocycles. The van der Waals surface area contributed by atoms with E-state index in [0.29, 0.717) is 0 Å². The van der Waals surface area contributed by atoms with E-state index in [1.54, 1.807) is 0 Å². The van der Waals surface area contributed by atoms with E-state index in [0.717, 1.165) is 11.3 Å². The number of aliphatic imine (C=N–C) groups is 1. The van der Waals surface area contributed by atoms with Gasteiger partial charge in [-0.15, -0.1) is 0 Å². The lowest BCUT2D eigenvalue weighted by molar-refractivity contribution is 1.49. The van der Waals surface area contributed by atoms with Crippen LogP contribution in [-0.4, -0.2) is 6.21 Å². The first-order valence-corrected chi connectivity index (χ1v) is 5.78. The zero-order valence-electron chi connectivity index (χ0n) is 8.10. The van der Waals surface area contributed by atoms with Gasteiger partial charge in [0.25, 0.3) is 0 Å². The Morgan fingerprint density at radius 2 is 1.53 bits per heavy atom. The Balaban J connectivity index is 2.23. The molecule has 0 unspecified atom stereocenters. The predicted octanol–water partition coefficient (Wildman–Crippen LogP) is 4.04. The van der Waals surface area contributed by atoms with E-state index in [4.69, 9.17) is 0 Å². The number of hydrogen-bond acceptors (Lipinski definition) is 1. The maximum atomic E-state index is 4.44. The Morgan fingerprint density at radius 3 is 2.27 bits per heavy atom. The number of hydrogen-bond donors (Lipinski definition) is 0. The van der Waals surface area contributed by atoms with Crippen LogP contribution in [0.5, 0.6) is 0 Å². The first-order chi connectivity index (χ1) is 7.36. The average Bonchev–Trinajstić information content (AvgIpc) is 2.29. The monoisotopic (exact) mass is 307 g/mol. The highest BCUT2D eigenvalue weighted by Crippen LogP contribution is 2.19. The standard InChI is InChI=1S/C13H10IN/c14-12-8-4-5-9-13(12)15-10-11-6-2-1-3-7-11/h1-10H. The fourth-order valence-corrected chi connectivity index (χ4v) is 1.77. The third-order valence-corrected chi connectivity index (χ3v) is 2.92. The molecule has 2 aromatic rings. The number of nitrogens with zero attached hydrogens (tertiary/aromatic N) is 1. The van der Waals surface area contributed by atoms with Crippen LogP contribution in [0.2, 0.25) is 0 Å². The fourth-order valence-electron chi connectivity index (χ4n) is 1.24. The molecule has 0 radical (unpaired) electrons. The van der Waals surface area contributed by atoms with Gasteiger partial charge < -0.3 is 0 Å². The van der Waals surface area contributed by atoms with E-state index in [1.165, 1.54) is 3.57 Å². The molecule has 1 nitrogen and oxygen atoms in total.